The van der Waals surface area contributed by atoms with Crippen LogP contribution in [0.15, 0.2) is 134 Å². The number of benzene rings is 4. The average molecular weight is 649 g/mol. The highest BCUT2D eigenvalue weighted by atomic mass is 16.7. The topological polar surface area (TPSA) is 55.4 Å². The molecule has 1 saturated heterocycles. The Bertz CT molecular complexity index is 1480. The van der Waals surface area contributed by atoms with Gasteiger partial charge in [-0.05, 0) is 41.2 Å². The van der Waals surface area contributed by atoms with Gasteiger partial charge in [-0.25, -0.2) is 0 Å². The van der Waals surface area contributed by atoms with E-state index in [-0.39, 0.29) is 12.7 Å². The van der Waals surface area contributed by atoms with Crippen molar-refractivity contribution in [1.82, 2.24) is 0 Å². The van der Waals surface area contributed by atoms with E-state index in [1.165, 1.54) is 6.42 Å². The van der Waals surface area contributed by atoms with E-state index >= 15 is 0 Å². The van der Waals surface area contributed by atoms with Crippen LogP contribution in [0.4, 0.5) is 0 Å². The van der Waals surface area contributed by atoms with E-state index in [9.17, 15) is 0 Å². The van der Waals surface area contributed by atoms with Gasteiger partial charge in [-0.2, -0.15) is 0 Å². The van der Waals surface area contributed by atoms with Gasteiger partial charge in [0.2, 0.25) is 5.79 Å². The van der Waals surface area contributed by atoms with Crippen molar-refractivity contribution < 1.29 is 28.4 Å². The monoisotopic (exact) mass is 648 g/mol. The van der Waals surface area contributed by atoms with Gasteiger partial charge >= 0.3 is 0 Å². The lowest BCUT2D eigenvalue weighted by molar-refractivity contribution is -0.373. The molecule has 4 aromatic rings. The highest BCUT2D eigenvalue weighted by molar-refractivity contribution is 5.17. The van der Waals surface area contributed by atoms with Gasteiger partial charge in [0.25, 0.3) is 0 Å². The summed E-state index contributed by atoms with van der Waals surface area (Å²) in [4.78, 5) is 0. The van der Waals surface area contributed by atoms with Crippen molar-refractivity contribution in [3.05, 3.63) is 156 Å². The van der Waals surface area contributed by atoms with Crippen molar-refractivity contribution in [2.45, 2.75) is 94.8 Å². The summed E-state index contributed by atoms with van der Waals surface area (Å²) in [5.74, 6) is -1.29. The predicted octanol–water partition coefficient (Wildman–Crippen LogP) is 8.59. The van der Waals surface area contributed by atoms with E-state index in [1.54, 1.807) is 6.08 Å². The molecule has 0 aromatic heterocycles. The van der Waals surface area contributed by atoms with E-state index in [4.69, 9.17) is 28.4 Å². The SMILES string of the molecule is C=C[C@]1(OC2CCCCC2)O[C@H](COCc2ccccc2)[C@@H](OCc2ccccc2)[C@H](OCc2ccccc2)[C@H]1OCc1ccccc1. The highest BCUT2D eigenvalue weighted by Gasteiger charge is 2.57. The minimum Gasteiger partial charge on any atom is -0.374 e. The first-order valence-electron chi connectivity index (χ1n) is 17.3. The van der Waals surface area contributed by atoms with Gasteiger partial charge in [0, 0.05) is 0 Å². The van der Waals surface area contributed by atoms with Crippen LogP contribution in [0.1, 0.15) is 54.4 Å². The smallest absolute Gasteiger partial charge is 0.218 e. The number of rotatable bonds is 16. The summed E-state index contributed by atoms with van der Waals surface area (Å²) in [7, 11) is 0. The summed E-state index contributed by atoms with van der Waals surface area (Å²) in [5, 5.41) is 0. The Morgan fingerprint density at radius 1 is 0.583 bits per heavy atom. The molecule has 1 aliphatic heterocycles. The second kappa shape index (κ2) is 17.7. The van der Waals surface area contributed by atoms with Gasteiger partial charge in [0.1, 0.15) is 24.4 Å². The summed E-state index contributed by atoms with van der Waals surface area (Å²) < 4.78 is 41.0. The summed E-state index contributed by atoms with van der Waals surface area (Å²) in [6, 6.07) is 40.7. The van der Waals surface area contributed by atoms with Crippen molar-refractivity contribution in [2.24, 2.45) is 0 Å². The van der Waals surface area contributed by atoms with Crippen LogP contribution in [-0.4, -0.2) is 42.9 Å². The third-order valence-corrected chi connectivity index (χ3v) is 9.14. The molecule has 0 radical (unpaired) electrons. The Balaban J connectivity index is 1.35. The van der Waals surface area contributed by atoms with E-state index in [0.29, 0.717) is 26.4 Å². The van der Waals surface area contributed by atoms with E-state index in [1.807, 2.05) is 72.8 Å². The fourth-order valence-electron chi connectivity index (χ4n) is 6.62. The zero-order valence-electron chi connectivity index (χ0n) is 27.7. The van der Waals surface area contributed by atoms with Crippen molar-refractivity contribution in [3.63, 3.8) is 0 Å². The van der Waals surface area contributed by atoms with Crippen molar-refractivity contribution in [2.75, 3.05) is 6.61 Å². The minimum absolute atomic E-state index is 0.0158. The third-order valence-electron chi connectivity index (χ3n) is 9.14. The molecule has 0 amide bonds. The summed E-state index contributed by atoms with van der Waals surface area (Å²) in [6.07, 6.45) is 4.85. The van der Waals surface area contributed by atoms with Gasteiger partial charge in [0.15, 0.2) is 0 Å². The van der Waals surface area contributed by atoms with Gasteiger partial charge < -0.3 is 28.4 Å². The summed E-state index contributed by atoms with van der Waals surface area (Å²) >= 11 is 0. The molecule has 1 aliphatic carbocycles. The van der Waals surface area contributed by atoms with Crippen LogP contribution in [-0.2, 0) is 54.8 Å². The van der Waals surface area contributed by atoms with Crippen LogP contribution >= 0.6 is 0 Å². The third kappa shape index (κ3) is 9.29. The van der Waals surface area contributed by atoms with Crippen LogP contribution in [0.2, 0.25) is 0 Å². The molecular weight excluding hydrogens is 600 g/mol. The van der Waals surface area contributed by atoms with Crippen LogP contribution in [0.5, 0.6) is 0 Å². The molecule has 1 heterocycles. The largest absolute Gasteiger partial charge is 0.374 e. The molecule has 0 bridgehead atoms. The van der Waals surface area contributed by atoms with Gasteiger partial charge in [-0.1, -0.05) is 147 Å². The standard InChI is InChI=1S/C42H48O6/c1-2-42(47-37-26-16-7-17-27-37)41(46-31-36-24-14-6-15-25-36)40(45-30-35-22-12-5-13-23-35)39(44-29-34-20-10-4-11-21-34)38(48-42)32-43-28-33-18-8-3-9-19-33/h2-6,8-15,18-25,37-41H,1,7,16-17,26-32H2/t38-,39-,40+,41-,42+/m1/s1. The molecule has 2 aliphatic rings. The van der Waals surface area contributed by atoms with E-state index in [2.05, 4.69) is 55.1 Å². The molecule has 252 valence electrons. The Kier molecular flexibility index (Phi) is 12.6. The average Bonchev–Trinajstić information content (AvgIpc) is 3.15. The highest BCUT2D eigenvalue weighted by Crippen LogP contribution is 2.41. The Labute approximate surface area is 285 Å². The Morgan fingerprint density at radius 3 is 1.54 bits per heavy atom. The quantitative estimate of drug-likeness (QED) is 0.114. The van der Waals surface area contributed by atoms with Gasteiger partial charge in [-0.15, -0.1) is 0 Å². The molecule has 2 fully saturated rings. The van der Waals surface area contributed by atoms with Crippen LogP contribution in [0.3, 0.4) is 0 Å². The molecule has 4 aromatic carbocycles. The fourth-order valence-corrected chi connectivity index (χ4v) is 6.62. The first kappa shape index (κ1) is 34.3. The van der Waals surface area contributed by atoms with E-state index < -0.39 is 30.2 Å². The molecular formula is C42H48O6. The van der Waals surface area contributed by atoms with E-state index in [0.717, 1.165) is 47.9 Å². The lowest BCUT2D eigenvalue weighted by atomic mass is 9.90. The molecule has 5 atom stereocenters. The number of ether oxygens (including phenoxy) is 6. The summed E-state index contributed by atoms with van der Waals surface area (Å²) in [5.41, 5.74) is 4.25. The van der Waals surface area contributed by atoms with Gasteiger partial charge in [-0.3, -0.25) is 0 Å². The zero-order valence-corrected chi connectivity index (χ0v) is 27.7. The molecule has 1 saturated carbocycles. The maximum Gasteiger partial charge on any atom is 0.218 e. The Morgan fingerprint density at radius 2 is 1.04 bits per heavy atom. The minimum atomic E-state index is -1.29. The second-order valence-corrected chi connectivity index (χ2v) is 12.7. The van der Waals surface area contributed by atoms with Crippen molar-refractivity contribution >= 4 is 0 Å². The molecule has 6 nitrogen and oxygen atoms in total. The van der Waals surface area contributed by atoms with Crippen LogP contribution in [0.25, 0.3) is 0 Å². The fraction of sp³-hybridized carbons (Fsp3) is 0.381. The molecule has 48 heavy (non-hydrogen) atoms. The predicted molar refractivity (Wildman–Crippen MR) is 187 cm³/mol. The van der Waals surface area contributed by atoms with Gasteiger partial charge in [0.05, 0.1) is 39.1 Å². The summed E-state index contributed by atoms with van der Waals surface area (Å²) in [6.45, 7) is 6.11. The van der Waals surface area contributed by atoms with Crippen molar-refractivity contribution in [1.29, 1.82) is 0 Å². The number of hydrogen-bond donors (Lipinski definition) is 0. The molecule has 0 N–H and O–H groups in total. The Hall–Kier alpha value is -3.62. The number of hydrogen-bond acceptors (Lipinski definition) is 6. The van der Waals surface area contributed by atoms with Crippen LogP contribution in [0, 0.1) is 0 Å². The molecule has 0 spiro atoms. The normalized spacial score (nSPS) is 24.7. The maximum atomic E-state index is 7.05. The van der Waals surface area contributed by atoms with Crippen LogP contribution < -0.4 is 0 Å². The lowest BCUT2D eigenvalue weighted by Crippen LogP contribution is -2.68. The molecule has 6 heteroatoms. The first-order valence-corrected chi connectivity index (χ1v) is 17.3. The molecule has 0 unspecified atom stereocenters. The zero-order chi connectivity index (χ0) is 32.9. The molecule has 6 rings (SSSR count). The first-order chi connectivity index (χ1) is 23.7. The van der Waals surface area contributed by atoms with Crippen molar-refractivity contribution in [3.8, 4) is 0 Å². The maximum absolute atomic E-state index is 7.05. The lowest BCUT2D eigenvalue weighted by Gasteiger charge is -2.52. The second-order valence-electron chi connectivity index (χ2n) is 12.7.